The molecule has 0 amide bonds. The largest absolute Gasteiger partial charge is 0.467 e. The Kier molecular flexibility index (Phi) is 12.0. The van der Waals surface area contributed by atoms with E-state index in [9.17, 15) is 9.18 Å². The van der Waals surface area contributed by atoms with Gasteiger partial charge in [-0.2, -0.15) is 0 Å². The molecule has 39 heavy (non-hydrogen) atoms. The number of aliphatic hydroxyl groups is 2. The predicted octanol–water partition coefficient (Wildman–Crippen LogP) is 5.61. The normalized spacial score (nSPS) is 10.8. The Morgan fingerprint density at radius 1 is 0.872 bits per heavy atom. The molecule has 0 atom stereocenters. The number of esters is 1. The number of hydrogen-bond acceptors (Lipinski definition) is 7. The van der Waals surface area contributed by atoms with Crippen LogP contribution in [0.25, 0.3) is 22.3 Å². The van der Waals surface area contributed by atoms with Crippen LogP contribution >= 0.6 is 0 Å². The van der Waals surface area contributed by atoms with Crippen LogP contribution in [0, 0.1) is 0 Å². The Bertz CT molecular complexity index is 1220. The standard InChI is InChI=1S/C31H35FO7/c1-3-24-14-26(11-12-30(24)25-9-7-23(8-10-25)6-4-5-13-32)27-15-28(37-20-36-19-34)17-29(16-27)38-21-39-31(35)22(2)18-33/h7-12,14-17,33-34H,2-6,13,18-21H2,1H3. The molecule has 0 aromatic heterocycles. The lowest BCUT2D eigenvalue weighted by molar-refractivity contribution is -0.145. The topological polar surface area (TPSA) is 94.5 Å². The zero-order valence-electron chi connectivity index (χ0n) is 22.2. The lowest BCUT2D eigenvalue weighted by Crippen LogP contribution is -2.14. The second-order valence-corrected chi connectivity index (χ2v) is 8.81. The van der Waals surface area contributed by atoms with Gasteiger partial charge in [0.25, 0.3) is 0 Å². The highest BCUT2D eigenvalue weighted by atomic mass is 19.1. The quantitative estimate of drug-likeness (QED) is 0.106. The van der Waals surface area contributed by atoms with Crippen molar-refractivity contribution in [1.82, 2.24) is 0 Å². The van der Waals surface area contributed by atoms with Gasteiger partial charge in [0.1, 0.15) is 18.3 Å². The van der Waals surface area contributed by atoms with Gasteiger partial charge in [-0.15, -0.1) is 0 Å². The molecule has 3 rings (SSSR count). The average molecular weight is 539 g/mol. The van der Waals surface area contributed by atoms with Crippen molar-refractivity contribution >= 4 is 5.97 Å². The minimum Gasteiger partial charge on any atom is -0.467 e. The van der Waals surface area contributed by atoms with Gasteiger partial charge in [0.2, 0.25) is 6.79 Å². The molecule has 0 bridgehead atoms. The van der Waals surface area contributed by atoms with E-state index in [0.29, 0.717) is 17.9 Å². The molecule has 0 spiro atoms. The van der Waals surface area contributed by atoms with Gasteiger partial charge in [-0.3, -0.25) is 4.39 Å². The van der Waals surface area contributed by atoms with Gasteiger partial charge in [-0.05, 0) is 71.2 Å². The molecule has 0 radical (unpaired) electrons. The molecule has 0 heterocycles. The maximum absolute atomic E-state index is 12.4. The summed E-state index contributed by atoms with van der Waals surface area (Å²) in [6.45, 7) is 3.73. The van der Waals surface area contributed by atoms with E-state index in [1.165, 1.54) is 5.56 Å². The first kappa shape index (κ1) is 29.8. The van der Waals surface area contributed by atoms with E-state index < -0.39 is 19.4 Å². The molecule has 208 valence electrons. The summed E-state index contributed by atoms with van der Waals surface area (Å²) in [5.41, 5.74) is 6.27. The van der Waals surface area contributed by atoms with Crippen LogP contribution in [0.15, 0.2) is 72.8 Å². The minimum atomic E-state index is -0.752. The van der Waals surface area contributed by atoms with Crippen LogP contribution in [0.3, 0.4) is 0 Å². The van der Waals surface area contributed by atoms with Crippen molar-refractivity contribution in [2.45, 2.75) is 32.6 Å². The Hall–Kier alpha value is -3.72. The summed E-state index contributed by atoms with van der Waals surface area (Å²) < 4.78 is 33.5. The lowest BCUT2D eigenvalue weighted by atomic mass is 9.93. The van der Waals surface area contributed by atoms with Gasteiger partial charge < -0.3 is 29.2 Å². The molecule has 0 unspecified atom stereocenters. The molecule has 7 nitrogen and oxygen atoms in total. The second kappa shape index (κ2) is 15.6. The summed E-state index contributed by atoms with van der Waals surface area (Å²) in [6, 6.07) is 19.9. The predicted molar refractivity (Wildman–Crippen MR) is 147 cm³/mol. The van der Waals surface area contributed by atoms with Crippen LogP contribution in [-0.4, -0.2) is 49.8 Å². The van der Waals surface area contributed by atoms with Crippen LogP contribution in [0.2, 0.25) is 0 Å². The summed E-state index contributed by atoms with van der Waals surface area (Å²) in [6.07, 6.45) is 3.11. The summed E-state index contributed by atoms with van der Waals surface area (Å²) in [5, 5.41) is 17.9. The number of halogens is 1. The summed E-state index contributed by atoms with van der Waals surface area (Å²) in [4.78, 5) is 11.8. The van der Waals surface area contributed by atoms with Gasteiger partial charge in [0.15, 0.2) is 6.79 Å². The number of benzene rings is 3. The second-order valence-electron chi connectivity index (χ2n) is 8.81. The molecule has 0 saturated carbocycles. The van der Waals surface area contributed by atoms with Crippen molar-refractivity contribution in [1.29, 1.82) is 0 Å². The number of rotatable bonds is 16. The number of unbranched alkanes of at least 4 members (excludes halogenated alkanes) is 1. The van der Waals surface area contributed by atoms with Gasteiger partial charge in [-0.1, -0.05) is 56.0 Å². The highest BCUT2D eigenvalue weighted by Crippen LogP contribution is 2.34. The van der Waals surface area contributed by atoms with E-state index in [-0.39, 0.29) is 25.8 Å². The Labute approximate surface area is 228 Å². The van der Waals surface area contributed by atoms with E-state index >= 15 is 0 Å². The number of carbonyl (C=O) groups is 1. The molecule has 2 N–H and O–H groups in total. The van der Waals surface area contributed by atoms with E-state index in [0.717, 1.165) is 47.1 Å². The van der Waals surface area contributed by atoms with Crippen LogP contribution in [0.5, 0.6) is 11.5 Å². The summed E-state index contributed by atoms with van der Waals surface area (Å²) in [5.74, 6) is 0.0735. The van der Waals surface area contributed by atoms with Crippen LogP contribution in [0.1, 0.15) is 30.9 Å². The molecular formula is C31H35FO7. The van der Waals surface area contributed by atoms with E-state index in [2.05, 4.69) is 49.9 Å². The maximum Gasteiger partial charge on any atom is 0.338 e. The molecule has 0 aliphatic carbocycles. The molecule has 3 aromatic carbocycles. The Morgan fingerprint density at radius 3 is 2.21 bits per heavy atom. The number of alkyl halides is 1. The van der Waals surface area contributed by atoms with Gasteiger partial charge >= 0.3 is 5.97 Å². The highest BCUT2D eigenvalue weighted by Gasteiger charge is 2.12. The molecular weight excluding hydrogens is 503 g/mol. The first-order valence-corrected chi connectivity index (χ1v) is 12.8. The molecule has 8 heteroatoms. The zero-order valence-corrected chi connectivity index (χ0v) is 22.2. The molecule has 0 aliphatic heterocycles. The monoisotopic (exact) mass is 538 g/mol. The molecule has 0 aliphatic rings. The van der Waals surface area contributed by atoms with Crippen LogP contribution in [-0.2, 0) is 27.1 Å². The van der Waals surface area contributed by atoms with E-state index in [1.807, 2.05) is 12.1 Å². The highest BCUT2D eigenvalue weighted by molar-refractivity contribution is 5.87. The van der Waals surface area contributed by atoms with Gasteiger partial charge in [-0.25, -0.2) is 4.79 Å². The van der Waals surface area contributed by atoms with E-state index in [1.54, 1.807) is 12.1 Å². The zero-order chi connectivity index (χ0) is 28.0. The van der Waals surface area contributed by atoms with Crippen molar-refractivity contribution in [3.8, 4) is 33.8 Å². The van der Waals surface area contributed by atoms with E-state index in [4.69, 9.17) is 29.2 Å². The third-order valence-corrected chi connectivity index (χ3v) is 6.11. The molecule has 0 saturated heterocycles. The third-order valence-electron chi connectivity index (χ3n) is 6.11. The fraction of sp³-hybridized carbons (Fsp3) is 0.323. The fourth-order valence-electron chi connectivity index (χ4n) is 3.99. The SMILES string of the molecule is C=C(CO)C(=O)OCOc1cc(OCOCO)cc(-c2ccc(-c3ccc(CCCCF)cc3)c(CC)c2)c1. The van der Waals surface area contributed by atoms with Crippen molar-refractivity contribution < 1.29 is 38.3 Å². The smallest absolute Gasteiger partial charge is 0.338 e. The van der Waals surface area contributed by atoms with Crippen molar-refractivity contribution in [3.63, 3.8) is 0 Å². The fourth-order valence-corrected chi connectivity index (χ4v) is 3.99. The Balaban J connectivity index is 1.84. The van der Waals surface area contributed by atoms with Crippen LogP contribution < -0.4 is 9.47 Å². The Morgan fingerprint density at radius 2 is 1.56 bits per heavy atom. The third kappa shape index (κ3) is 8.92. The molecule has 3 aromatic rings. The van der Waals surface area contributed by atoms with Crippen LogP contribution in [0.4, 0.5) is 4.39 Å². The molecule has 0 fully saturated rings. The lowest BCUT2D eigenvalue weighted by Gasteiger charge is -2.15. The average Bonchev–Trinajstić information content (AvgIpc) is 2.97. The van der Waals surface area contributed by atoms with Gasteiger partial charge in [0.05, 0.1) is 18.9 Å². The maximum atomic E-state index is 12.4. The number of hydrogen-bond donors (Lipinski definition) is 2. The first-order valence-electron chi connectivity index (χ1n) is 12.8. The van der Waals surface area contributed by atoms with Crippen molar-refractivity contribution in [2.75, 3.05) is 33.7 Å². The number of ether oxygens (including phenoxy) is 4. The summed E-state index contributed by atoms with van der Waals surface area (Å²) >= 11 is 0. The number of aryl methyl sites for hydroxylation is 2. The van der Waals surface area contributed by atoms with Crippen molar-refractivity contribution in [3.05, 3.63) is 83.9 Å². The van der Waals surface area contributed by atoms with Gasteiger partial charge in [0, 0.05) is 6.07 Å². The number of aliphatic hydroxyl groups excluding tert-OH is 2. The number of carbonyl (C=O) groups excluding carboxylic acids is 1. The minimum absolute atomic E-state index is 0.0730. The first-order chi connectivity index (χ1) is 19.0. The van der Waals surface area contributed by atoms with Crippen molar-refractivity contribution in [2.24, 2.45) is 0 Å². The summed E-state index contributed by atoms with van der Waals surface area (Å²) in [7, 11) is 0.